The predicted octanol–water partition coefficient (Wildman–Crippen LogP) is 8.96. The van der Waals surface area contributed by atoms with E-state index in [1.165, 1.54) is 0 Å². The average molecular weight is 622 g/mol. The predicted molar refractivity (Wildman–Crippen MR) is 184 cm³/mol. The van der Waals surface area contributed by atoms with Crippen molar-refractivity contribution in [2.75, 3.05) is 0 Å². The van der Waals surface area contributed by atoms with Gasteiger partial charge in [0.25, 0.3) is 0 Å². The summed E-state index contributed by atoms with van der Waals surface area (Å²) >= 11 is 0. The Kier molecular flexibility index (Phi) is 8.64. The van der Waals surface area contributed by atoms with Crippen LogP contribution >= 0.6 is 22.3 Å². The summed E-state index contributed by atoms with van der Waals surface area (Å²) in [7, 11) is -11.7. The Bertz CT molecular complexity index is 1540. The Morgan fingerprint density at radius 3 is 0.628 bits per heavy atom. The molecule has 212 valence electrons. The van der Waals surface area contributed by atoms with E-state index >= 15 is 8.39 Å². The normalized spacial score (nSPS) is 12.0. The molecule has 0 saturated heterocycles. The lowest BCUT2D eigenvalue weighted by molar-refractivity contribution is 0.708. The highest BCUT2D eigenvalue weighted by Gasteiger charge is 2.51. The van der Waals surface area contributed by atoms with Crippen molar-refractivity contribution >= 4 is 54.1 Å². The average Bonchev–Trinajstić information content (AvgIpc) is 3.08. The molecule has 0 fully saturated rings. The molecule has 43 heavy (non-hydrogen) atoms. The van der Waals surface area contributed by atoms with Gasteiger partial charge in [-0.15, -0.1) is 0 Å². The van der Waals surface area contributed by atoms with E-state index in [9.17, 15) is 0 Å². The maximum atomic E-state index is 17.4. The molecule has 0 bridgehead atoms. The monoisotopic (exact) mass is 621 g/mol. The van der Waals surface area contributed by atoms with Crippen LogP contribution in [0.2, 0.25) is 0 Å². The summed E-state index contributed by atoms with van der Waals surface area (Å²) in [6, 6.07) is 57.3. The van der Waals surface area contributed by atoms with E-state index in [1.54, 1.807) is 0 Å². The van der Waals surface area contributed by atoms with E-state index in [1.807, 2.05) is 182 Å². The van der Waals surface area contributed by atoms with E-state index < -0.39 is 22.3 Å². The number of benzene rings is 6. The molecule has 0 aliphatic carbocycles. The number of halogens is 2. The van der Waals surface area contributed by atoms with Gasteiger partial charge in [0.15, 0.2) is 0 Å². The van der Waals surface area contributed by atoms with Gasteiger partial charge in [0, 0.05) is 40.2 Å². The van der Waals surface area contributed by atoms with Crippen molar-refractivity contribution in [3.63, 3.8) is 0 Å². The highest BCUT2D eigenvalue weighted by atomic mass is 31.3. The Balaban J connectivity index is 1.77. The van der Waals surface area contributed by atoms with Gasteiger partial charge < -0.3 is 0 Å². The molecule has 2 nitrogen and oxygen atoms in total. The minimum absolute atomic E-state index is 0.769. The second kappa shape index (κ2) is 12.7. The van der Waals surface area contributed by atoms with Gasteiger partial charge in [-0.3, -0.25) is 0 Å². The lowest BCUT2D eigenvalue weighted by Gasteiger charge is -2.26. The number of hydrogen-bond donors (Lipinski definition) is 0. The molecule has 0 saturated carbocycles. The Labute approximate surface area is 252 Å². The van der Waals surface area contributed by atoms with Crippen LogP contribution < -0.4 is 31.8 Å². The molecule has 7 heteroatoms. The molecule has 0 aromatic heterocycles. The van der Waals surface area contributed by atoms with Crippen molar-refractivity contribution in [1.29, 1.82) is 0 Å². The molecule has 0 aliphatic heterocycles. The first-order chi connectivity index (χ1) is 21.0. The zero-order valence-corrected chi connectivity index (χ0v) is 26.0. The van der Waals surface area contributed by atoms with Gasteiger partial charge in [-0.1, -0.05) is 182 Å². The molecule has 6 aromatic rings. The second-order valence-electron chi connectivity index (χ2n) is 9.92. The molecular formula is C36H30F2N2P3+. The third kappa shape index (κ3) is 5.84. The molecular weight excluding hydrogens is 591 g/mol. The van der Waals surface area contributed by atoms with E-state index in [2.05, 4.69) is 0 Å². The molecule has 0 amide bonds. The quantitative estimate of drug-likeness (QED) is 0.152. The van der Waals surface area contributed by atoms with Crippen molar-refractivity contribution in [2.45, 2.75) is 0 Å². The first kappa shape index (κ1) is 29.2. The van der Waals surface area contributed by atoms with E-state index in [-0.39, 0.29) is 0 Å². The van der Waals surface area contributed by atoms with Crippen molar-refractivity contribution in [3.05, 3.63) is 182 Å². The van der Waals surface area contributed by atoms with Crippen molar-refractivity contribution < 1.29 is 8.39 Å². The van der Waals surface area contributed by atoms with Crippen LogP contribution in [0.1, 0.15) is 0 Å². The molecule has 0 heterocycles. The van der Waals surface area contributed by atoms with Gasteiger partial charge in [0.2, 0.25) is 0 Å². The fourth-order valence-electron chi connectivity index (χ4n) is 5.41. The van der Waals surface area contributed by atoms with Crippen molar-refractivity contribution in [2.24, 2.45) is 9.03 Å². The highest BCUT2D eigenvalue weighted by molar-refractivity contribution is 7.94. The summed E-state index contributed by atoms with van der Waals surface area (Å²) in [5.41, 5.74) is 0. The summed E-state index contributed by atoms with van der Waals surface area (Å²) in [4.78, 5) is 0. The first-order valence-electron chi connectivity index (χ1n) is 13.9. The van der Waals surface area contributed by atoms with E-state index in [4.69, 9.17) is 9.03 Å². The van der Waals surface area contributed by atoms with E-state index in [0.717, 1.165) is 31.8 Å². The summed E-state index contributed by atoms with van der Waals surface area (Å²) in [6.45, 7) is 0. The second-order valence-corrected chi connectivity index (χ2v) is 17.9. The van der Waals surface area contributed by atoms with Crippen molar-refractivity contribution in [3.8, 4) is 0 Å². The van der Waals surface area contributed by atoms with Gasteiger partial charge in [0.1, 0.15) is 14.1 Å². The summed E-state index contributed by atoms with van der Waals surface area (Å²) in [6.07, 6.45) is 0. The third-order valence-corrected chi connectivity index (χ3v) is 17.4. The number of hydrogen-bond acceptors (Lipinski definition) is 2. The minimum atomic E-state index is -5.33. The van der Waals surface area contributed by atoms with Crippen LogP contribution in [0.3, 0.4) is 0 Å². The molecule has 0 aliphatic rings. The topological polar surface area (TPSA) is 24.7 Å². The van der Waals surface area contributed by atoms with Crippen LogP contribution in [0.25, 0.3) is 0 Å². The van der Waals surface area contributed by atoms with E-state index in [0.29, 0.717) is 0 Å². The van der Waals surface area contributed by atoms with Crippen LogP contribution in [0, 0.1) is 0 Å². The number of nitrogens with zero attached hydrogens (tertiary/aromatic N) is 2. The number of rotatable bonds is 8. The lowest BCUT2D eigenvalue weighted by atomic mass is 10.4. The molecule has 6 aromatic carbocycles. The van der Waals surface area contributed by atoms with Gasteiger partial charge in [-0.25, -0.2) is 0 Å². The molecule has 0 N–H and O–H groups in total. The molecule has 0 spiro atoms. The molecule has 0 atom stereocenters. The molecule has 0 radical (unpaired) electrons. The zero-order valence-electron chi connectivity index (χ0n) is 23.3. The maximum absolute atomic E-state index is 17.4. The van der Waals surface area contributed by atoms with Crippen LogP contribution in [-0.4, -0.2) is 0 Å². The van der Waals surface area contributed by atoms with Gasteiger partial charge in [-0.2, -0.15) is 0 Å². The van der Waals surface area contributed by atoms with Gasteiger partial charge in [-0.05, 0) is 9.03 Å². The maximum Gasteiger partial charge on any atom is 0.628 e. The minimum Gasteiger partial charge on any atom is -0.0622 e. The van der Waals surface area contributed by atoms with Gasteiger partial charge in [0.05, 0.1) is 0 Å². The SMILES string of the molecule is F[P+](F)(N=P(c1ccccc1)(c1ccccc1)c1ccccc1)N=P(c1ccccc1)(c1ccccc1)c1ccccc1. The van der Waals surface area contributed by atoms with Gasteiger partial charge >= 0.3 is 8.19 Å². The Morgan fingerprint density at radius 1 is 0.302 bits per heavy atom. The van der Waals surface area contributed by atoms with Crippen LogP contribution in [0.15, 0.2) is 191 Å². The zero-order chi connectivity index (χ0) is 29.6. The van der Waals surface area contributed by atoms with Crippen molar-refractivity contribution in [1.82, 2.24) is 0 Å². The fraction of sp³-hybridized carbons (Fsp3) is 0. The molecule has 6 rings (SSSR count). The summed E-state index contributed by atoms with van der Waals surface area (Å²) < 4.78 is 44.2. The van der Waals surface area contributed by atoms with Crippen LogP contribution in [-0.2, 0) is 0 Å². The first-order valence-corrected chi connectivity index (χ1v) is 18.9. The Hall–Kier alpha value is -3.93. The van der Waals surface area contributed by atoms with Crippen LogP contribution in [0.4, 0.5) is 8.39 Å². The summed E-state index contributed by atoms with van der Waals surface area (Å²) in [5.74, 6) is 0. The lowest BCUT2D eigenvalue weighted by Crippen LogP contribution is -2.26. The smallest absolute Gasteiger partial charge is 0.0622 e. The van der Waals surface area contributed by atoms with Crippen LogP contribution in [0.5, 0.6) is 0 Å². The fourth-order valence-corrected chi connectivity index (χ4v) is 16.3. The third-order valence-electron chi connectivity index (χ3n) is 7.26. The largest absolute Gasteiger partial charge is 0.628 e. The molecule has 0 unspecified atom stereocenters. The summed E-state index contributed by atoms with van der Waals surface area (Å²) in [5, 5.41) is 4.61. The Morgan fingerprint density at radius 2 is 0.465 bits per heavy atom. The highest BCUT2D eigenvalue weighted by Crippen LogP contribution is 2.76. The standard InChI is InChI=1S/C36H30F2N2P3/c37-43(38,39-41(31-19-7-1-8-20-31,32-21-9-2-10-22-32)33-23-11-3-12-24-33)40-42(34-25-13-4-14-26-34,35-27-15-5-16-28-35)36-29-17-6-18-30-36/h1-30H/q+1.